The van der Waals surface area contributed by atoms with Crippen LogP contribution in [0, 0.1) is 0 Å². The van der Waals surface area contributed by atoms with E-state index >= 15 is 0 Å². The summed E-state index contributed by atoms with van der Waals surface area (Å²) in [4.78, 5) is 49.3. The molecule has 2 rings (SSSR count). The van der Waals surface area contributed by atoms with Crippen LogP contribution in [0.3, 0.4) is 0 Å². The average Bonchev–Trinajstić information content (AvgIpc) is 3.12. The maximum absolute atomic E-state index is 12.5. The Morgan fingerprint density at radius 3 is 2.20 bits per heavy atom. The molecule has 1 amide bonds. The lowest BCUT2D eigenvalue weighted by atomic mass is 9.90. The van der Waals surface area contributed by atoms with Gasteiger partial charge in [0.25, 0.3) is 5.88 Å². The standard InChI is InChI=1S/C19H19BrN2O8/c1-11(23)21-19(17(25)27-2,18(26)28-3)9-13-14(10-20)30-22-15(13)29-16(24)12-7-5-4-6-8-12/h4-8H,9-10H2,1-3H3,(H,21,23). The number of ether oxygens (including phenoxy) is 3. The third-order valence-electron chi connectivity index (χ3n) is 4.05. The summed E-state index contributed by atoms with van der Waals surface area (Å²) in [5.74, 6) is -3.66. The van der Waals surface area contributed by atoms with Gasteiger partial charge in [0.15, 0.2) is 5.76 Å². The lowest BCUT2D eigenvalue weighted by molar-refractivity contribution is -0.165. The largest absolute Gasteiger partial charge is 0.467 e. The maximum Gasteiger partial charge on any atom is 0.344 e. The number of methoxy groups -OCH3 is 2. The highest BCUT2D eigenvalue weighted by atomic mass is 79.9. The lowest BCUT2D eigenvalue weighted by Gasteiger charge is -2.28. The van der Waals surface area contributed by atoms with E-state index in [-0.39, 0.29) is 28.1 Å². The molecule has 0 bridgehead atoms. The fraction of sp³-hybridized carbons (Fsp3) is 0.316. The SMILES string of the molecule is COC(=O)C(Cc1c(OC(=O)c2ccccc2)noc1CBr)(NC(C)=O)C(=O)OC. The maximum atomic E-state index is 12.5. The van der Waals surface area contributed by atoms with Gasteiger partial charge in [0.2, 0.25) is 11.4 Å². The topological polar surface area (TPSA) is 134 Å². The van der Waals surface area contributed by atoms with Crippen LogP contribution >= 0.6 is 15.9 Å². The molecule has 0 atom stereocenters. The fourth-order valence-electron chi connectivity index (χ4n) is 2.69. The molecule has 10 nitrogen and oxygen atoms in total. The summed E-state index contributed by atoms with van der Waals surface area (Å²) < 4.78 is 19.9. The fourth-order valence-corrected chi connectivity index (χ4v) is 3.14. The number of benzene rings is 1. The monoisotopic (exact) mass is 482 g/mol. The number of esters is 3. The Labute approximate surface area is 180 Å². The normalized spacial score (nSPS) is 10.8. The van der Waals surface area contributed by atoms with Crippen molar-refractivity contribution >= 4 is 39.7 Å². The first-order valence-electron chi connectivity index (χ1n) is 8.55. The van der Waals surface area contributed by atoms with Crippen molar-refractivity contribution in [2.75, 3.05) is 14.2 Å². The molecular formula is C19H19BrN2O8. The van der Waals surface area contributed by atoms with Crippen LogP contribution in [0.5, 0.6) is 5.88 Å². The Morgan fingerprint density at radius 1 is 1.10 bits per heavy atom. The molecule has 11 heteroatoms. The van der Waals surface area contributed by atoms with Crippen LogP contribution in [-0.2, 0) is 35.6 Å². The van der Waals surface area contributed by atoms with Gasteiger partial charge in [-0.25, -0.2) is 14.4 Å². The quantitative estimate of drug-likeness (QED) is 0.337. The molecule has 0 unspecified atom stereocenters. The Balaban J connectivity index is 2.50. The van der Waals surface area contributed by atoms with Crippen LogP contribution in [0.2, 0.25) is 0 Å². The molecule has 1 heterocycles. The van der Waals surface area contributed by atoms with Gasteiger partial charge in [0.05, 0.1) is 30.7 Å². The Kier molecular flexibility index (Phi) is 7.70. The lowest BCUT2D eigenvalue weighted by Crippen LogP contribution is -2.62. The minimum Gasteiger partial charge on any atom is -0.467 e. The molecule has 160 valence electrons. The number of hydrogen-bond acceptors (Lipinski definition) is 9. The van der Waals surface area contributed by atoms with Crippen LogP contribution in [0.1, 0.15) is 28.6 Å². The van der Waals surface area contributed by atoms with Crippen LogP contribution < -0.4 is 10.1 Å². The first-order chi connectivity index (χ1) is 14.3. The van der Waals surface area contributed by atoms with E-state index in [1.165, 1.54) is 12.1 Å². The second-order valence-electron chi connectivity index (χ2n) is 6.03. The summed E-state index contributed by atoms with van der Waals surface area (Å²) in [5, 5.41) is 6.13. The number of nitrogens with one attached hydrogen (secondary N) is 1. The minimum atomic E-state index is -2.24. The summed E-state index contributed by atoms with van der Waals surface area (Å²) >= 11 is 3.21. The smallest absolute Gasteiger partial charge is 0.344 e. The van der Waals surface area contributed by atoms with Gasteiger partial charge in [-0.2, -0.15) is 0 Å². The van der Waals surface area contributed by atoms with Gasteiger partial charge in [-0.3, -0.25) is 4.79 Å². The van der Waals surface area contributed by atoms with E-state index in [1.54, 1.807) is 18.2 Å². The number of carbonyl (C=O) groups excluding carboxylic acids is 4. The van der Waals surface area contributed by atoms with E-state index in [1.807, 2.05) is 0 Å². The molecule has 2 aromatic rings. The highest BCUT2D eigenvalue weighted by Gasteiger charge is 2.51. The van der Waals surface area contributed by atoms with Gasteiger partial charge in [0, 0.05) is 13.3 Å². The molecule has 30 heavy (non-hydrogen) atoms. The number of nitrogens with zero attached hydrogens (tertiary/aromatic N) is 1. The van der Waals surface area contributed by atoms with E-state index in [0.29, 0.717) is 0 Å². The van der Waals surface area contributed by atoms with Crippen LogP contribution in [0.4, 0.5) is 0 Å². The number of carbonyl (C=O) groups is 4. The number of rotatable bonds is 8. The van der Waals surface area contributed by atoms with Gasteiger partial charge in [0.1, 0.15) is 0 Å². The second kappa shape index (κ2) is 10.0. The highest BCUT2D eigenvalue weighted by molar-refractivity contribution is 9.08. The number of alkyl halides is 1. The van der Waals surface area contributed by atoms with Crippen LogP contribution in [-0.4, -0.2) is 48.7 Å². The van der Waals surface area contributed by atoms with Crippen molar-refractivity contribution in [3.8, 4) is 5.88 Å². The summed E-state index contributed by atoms with van der Waals surface area (Å²) in [6, 6.07) is 8.12. The zero-order valence-electron chi connectivity index (χ0n) is 16.4. The molecule has 0 aliphatic carbocycles. The summed E-state index contributed by atoms with van der Waals surface area (Å²) in [6.45, 7) is 1.12. The van der Waals surface area contributed by atoms with Crippen molar-refractivity contribution < 1.29 is 37.9 Å². The number of halogens is 1. The van der Waals surface area contributed by atoms with E-state index < -0.39 is 35.8 Å². The molecule has 0 aliphatic heterocycles. The van der Waals surface area contributed by atoms with Crippen molar-refractivity contribution in [1.29, 1.82) is 0 Å². The zero-order valence-corrected chi connectivity index (χ0v) is 18.0. The predicted molar refractivity (Wildman–Crippen MR) is 105 cm³/mol. The third-order valence-corrected chi connectivity index (χ3v) is 4.56. The van der Waals surface area contributed by atoms with Crippen molar-refractivity contribution in [1.82, 2.24) is 10.5 Å². The van der Waals surface area contributed by atoms with Gasteiger partial charge in [-0.1, -0.05) is 34.1 Å². The molecule has 0 fully saturated rings. The van der Waals surface area contributed by atoms with Gasteiger partial charge in [-0.05, 0) is 17.3 Å². The molecule has 0 radical (unpaired) electrons. The number of aromatic nitrogens is 1. The molecule has 1 aromatic carbocycles. The van der Waals surface area contributed by atoms with Gasteiger partial charge < -0.3 is 24.1 Å². The highest BCUT2D eigenvalue weighted by Crippen LogP contribution is 2.30. The molecule has 1 aromatic heterocycles. The molecule has 0 saturated carbocycles. The average molecular weight is 483 g/mol. The van der Waals surface area contributed by atoms with Crippen molar-refractivity contribution in [2.24, 2.45) is 0 Å². The van der Waals surface area contributed by atoms with E-state index in [0.717, 1.165) is 21.1 Å². The first kappa shape index (κ1) is 23.1. The predicted octanol–water partition coefficient (Wildman–Crippen LogP) is 1.55. The Bertz CT molecular complexity index is 925. The van der Waals surface area contributed by atoms with Crippen LogP contribution in [0.25, 0.3) is 0 Å². The summed E-state index contributed by atoms with van der Waals surface area (Å²) in [5.41, 5.74) is -1.90. The molecule has 0 aliphatic rings. The van der Waals surface area contributed by atoms with E-state index in [4.69, 9.17) is 18.7 Å². The first-order valence-corrected chi connectivity index (χ1v) is 9.67. The molecule has 1 N–H and O–H groups in total. The summed E-state index contributed by atoms with van der Waals surface area (Å²) in [6.07, 6.45) is -0.492. The Morgan fingerprint density at radius 2 is 1.70 bits per heavy atom. The minimum absolute atomic E-state index is 0.0979. The van der Waals surface area contributed by atoms with E-state index in [9.17, 15) is 19.2 Å². The number of hydrogen-bond donors (Lipinski definition) is 1. The Hall–Kier alpha value is -3.21. The van der Waals surface area contributed by atoms with Gasteiger partial charge in [-0.15, -0.1) is 0 Å². The zero-order chi connectivity index (χ0) is 22.3. The molecular weight excluding hydrogens is 464 g/mol. The molecule has 0 saturated heterocycles. The second-order valence-corrected chi connectivity index (χ2v) is 6.59. The van der Waals surface area contributed by atoms with Gasteiger partial charge >= 0.3 is 17.9 Å². The van der Waals surface area contributed by atoms with E-state index in [2.05, 4.69) is 26.4 Å². The molecule has 0 spiro atoms. The van der Waals surface area contributed by atoms with Crippen LogP contribution in [0.15, 0.2) is 34.9 Å². The summed E-state index contributed by atoms with van der Waals surface area (Å²) in [7, 11) is 2.11. The van der Waals surface area contributed by atoms with Crippen molar-refractivity contribution in [2.45, 2.75) is 24.2 Å². The van der Waals surface area contributed by atoms with Crippen molar-refractivity contribution in [3.05, 3.63) is 47.2 Å². The third kappa shape index (κ3) is 4.85. The number of amides is 1. The van der Waals surface area contributed by atoms with Crippen molar-refractivity contribution in [3.63, 3.8) is 0 Å².